The van der Waals surface area contributed by atoms with Crippen LogP contribution < -0.4 is 10.6 Å². The second-order valence-electron chi connectivity index (χ2n) is 16.2. The molecule has 7 rings (SSSR count). The molecule has 3 heterocycles. The normalized spacial score (nSPS) is 17.4. The average Bonchev–Trinajstić information content (AvgIpc) is 4.06. The molecule has 0 bridgehead atoms. The molecule has 2 saturated heterocycles. The molecule has 4 atom stereocenters. The van der Waals surface area contributed by atoms with E-state index >= 15 is 0 Å². The summed E-state index contributed by atoms with van der Waals surface area (Å²) in [7, 11) is 7.59. The van der Waals surface area contributed by atoms with Crippen molar-refractivity contribution >= 4 is 66.9 Å². The van der Waals surface area contributed by atoms with E-state index in [1.54, 1.807) is 28.1 Å². The van der Waals surface area contributed by atoms with Gasteiger partial charge in [-0.3, -0.25) is 29.0 Å². The van der Waals surface area contributed by atoms with E-state index in [-0.39, 0.29) is 35.7 Å². The highest BCUT2D eigenvalue weighted by Crippen LogP contribution is 2.30. The number of likely N-dealkylation sites (tertiary alicyclic amines) is 2. The zero-order chi connectivity index (χ0) is 43.2. The molecule has 0 spiro atoms. The Morgan fingerprint density at radius 2 is 1.05 bits per heavy atom. The highest BCUT2D eigenvalue weighted by atomic mass is 79.9. The van der Waals surface area contributed by atoms with Crippen LogP contribution in [0.1, 0.15) is 36.8 Å². The van der Waals surface area contributed by atoms with Crippen LogP contribution in [0.4, 0.5) is 11.4 Å². The molecule has 5 aromatic rings. The number of hydrogen-bond donors (Lipinski definition) is 2. The van der Waals surface area contributed by atoms with Gasteiger partial charge in [-0.25, -0.2) is 4.98 Å². The summed E-state index contributed by atoms with van der Waals surface area (Å²) in [5.41, 5.74) is 4.85. The maximum Gasteiger partial charge on any atom is 0.247 e. The molecule has 318 valence electrons. The van der Waals surface area contributed by atoms with Crippen LogP contribution >= 0.6 is 31.9 Å². The first-order chi connectivity index (χ1) is 29.3. The van der Waals surface area contributed by atoms with Crippen LogP contribution in [-0.4, -0.2) is 114 Å². The second-order valence-corrected chi connectivity index (χ2v) is 18.0. The van der Waals surface area contributed by atoms with E-state index in [1.807, 2.05) is 123 Å². The summed E-state index contributed by atoms with van der Waals surface area (Å²) in [5.74, 6) is 0.457. The second kappa shape index (κ2) is 19.7. The van der Waals surface area contributed by atoms with Crippen LogP contribution in [0.25, 0.3) is 22.8 Å². The number of nitrogens with zero attached hydrogens (tertiary/aromatic N) is 5. The van der Waals surface area contributed by atoms with Gasteiger partial charge >= 0.3 is 0 Å². The van der Waals surface area contributed by atoms with Gasteiger partial charge in [-0.1, -0.05) is 56.1 Å². The number of rotatable bonds is 14. The first-order valence-corrected chi connectivity index (χ1v) is 22.1. The first kappa shape index (κ1) is 43.9. The lowest BCUT2D eigenvalue weighted by Gasteiger charge is -2.31. The molecule has 2 aliphatic heterocycles. The number of anilines is 2. The number of halogens is 2. The minimum Gasteiger partial charge on any atom is -0.436 e. The summed E-state index contributed by atoms with van der Waals surface area (Å²) < 4.78 is 8.10. The average molecular weight is 954 g/mol. The van der Waals surface area contributed by atoms with E-state index in [2.05, 4.69) is 47.5 Å². The molecule has 4 unspecified atom stereocenters. The maximum atomic E-state index is 13.8. The lowest BCUT2D eigenvalue weighted by molar-refractivity contribution is -0.140. The van der Waals surface area contributed by atoms with Gasteiger partial charge in [0.05, 0.1) is 18.3 Å². The quantitative estimate of drug-likeness (QED) is 0.116. The Hall–Kier alpha value is -5.15. The van der Waals surface area contributed by atoms with Gasteiger partial charge in [0.25, 0.3) is 0 Å². The van der Waals surface area contributed by atoms with Gasteiger partial charge in [0.2, 0.25) is 29.5 Å². The number of amides is 4. The van der Waals surface area contributed by atoms with Gasteiger partial charge < -0.3 is 24.9 Å². The van der Waals surface area contributed by atoms with Crippen molar-refractivity contribution in [3.05, 3.63) is 123 Å². The Labute approximate surface area is 373 Å². The Morgan fingerprint density at radius 1 is 0.639 bits per heavy atom. The van der Waals surface area contributed by atoms with Crippen LogP contribution in [-0.2, 0) is 32.0 Å². The molecule has 4 aromatic carbocycles. The number of nitrogens with one attached hydrogen (secondary N) is 2. The highest BCUT2D eigenvalue weighted by Gasteiger charge is 2.39. The van der Waals surface area contributed by atoms with Crippen molar-refractivity contribution in [1.29, 1.82) is 0 Å². The number of benzene rings is 4. The zero-order valence-corrected chi connectivity index (χ0v) is 38.0. The van der Waals surface area contributed by atoms with Crippen LogP contribution in [0.3, 0.4) is 0 Å². The molecular formula is C47H51Br2N7O5. The van der Waals surface area contributed by atoms with Crippen LogP contribution in [0.2, 0.25) is 0 Å². The lowest BCUT2D eigenvalue weighted by atomic mass is 10.0. The van der Waals surface area contributed by atoms with Crippen LogP contribution in [0, 0.1) is 0 Å². The molecule has 2 fully saturated rings. The minimum atomic E-state index is -0.551. The summed E-state index contributed by atoms with van der Waals surface area (Å²) >= 11 is 6.95. The monoisotopic (exact) mass is 951 g/mol. The zero-order valence-electron chi connectivity index (χ0n) is 34.8. The van der Waals surface area contributed by atoms with Crippen molar-refractivity contribution < 1.29 is 23.6 Å². The number of likely N-dealkylation sites (N-methyl/N-ethyl adjacent to an activating group) is 2. The Kier molecular flexibility index (Phi) is 14.2. The molecule has 0 radical (unpaired) electrons. The topological polar surface area (TPSA) is 131 Å². The molecule has 0 aliphatic carbocycles. The van der Waals surface area contributed by atoms with E-state index < -0.39 is 12.1 Å². The minimum absolute atomic E-state index is 0.0484. The Balaban J connectivity index is 0.933. The first-order valence-electron chi connectivity index (χ1n) is 20.6. The molecule has 61 heavy (non-hydrogen) atoms. The summed E-state index contributed by atoms with van der Waals surface area (Å²) in [6.07, 6.45) is 5.49. The molecule has 12 nitrogen and oxygen atoms in total. The largest absolute Gasteiger partial charge is 0.436 e. The molecule has 2 aliphatic rings. The third-order valence-corrected chi connectivity index (χ3v) is 12.6. The molecular weight excluding hydrogens is 902 g/mol. The summed E-state index contributed by atoms with van der Waals surface area (Å²) in [4.78, 5) is 66.5. The van der Waals surface area contributed by atoms with Crippen molar-refractivity contribution in [2.75, 3.05) is 51.9 Å². The Morgan fingerprint density at radius 3 is 1.46 bits per heavy atom. The van der Waals surface area contributed by atoms with Crippen LogP contribution in [0.15, 0.2) is 117 Å². The summed E-state index contributed by atoms with van der Waals surface area (Å²) in [5, 5.41) is 6.03. The van der Waals surface area contributed by atoms with Crippen LogP contribution in [0.5, 0.6) is 0 Å². The van der Waals surface area contributed by atoms with Gasteiger partial charge in [0.1, 0.15) is 12.1 Å². The molecule has 2 N–H and O–H groups in total. The summed E-state index contributed by atoms with van der Waals surface area (Å²) in [6.45, 7) is 1.08. The third-order valence-electron chi connectivity index (χ3n) is 11.5. The van der Waals surface area contributed by atoms with Gasteiger partial charge in [-0.15, -0.1) is 0 Å². The number of oxazole rings is 1. The van der Waals surface area contributed by atoms with Gasteiger partial charge in [-0.2, -0.15) is 0 Å². The standard InChI is InChI=1S/C47H51Br2N7O5/c1-53(2)40(27-30-9-17-34(48)18-10-30)46(59)55-25-5-7-38(55)43(57)51-36-21-13-32(14-22-36)42-29-50-45(61-42)33-15-23-37(24-16-33)52-44(58)39-8-6-26-56(39)47(60)41(54(3)4)28-31-11-19-35(49)20-12-31/h9-24,29,38-41H,5-8,25-28H2,1-4H3,(H,51,57)(H,52,58). The fourth-order valence-corrected chi connectivity index (χ4v) is 8.59. The predicted octanol–water partition coefficient (Wildman–Crippen LogP) is 7.74. The van der Waals surface area contributed by atoms with Crippen molar-refractivity contribution in [2.45, 2.75) is 62.7 Å². The SMILES string of the molecule is CN(C)C(Cc1ccc(Br)cc1)C(=O)N1CCCC1C(=O)Nc1ccc(-c2cnc(-c3ccc(NC(=O)C4CCCN4C(=O)C(Cc4ccc(Br)cc4)N(C)C)cc3)o2)cc1. The number of hydrogen-bond acceptors (Lipinski definition) is 8. The fourth-order valence-electron chi connectivity index (χ4n) is 8.06. The predicted molar refractivity (Wildman–Crippen MR) is 245 cm³/mol. The highest BCUT2D eigenvalue weighted by molar-refractivity contribution is 9.10. The Bertz CT molecular complexity index is 2150. The van der Waals surface area contributed by atoms with Crippen molar-refractivity contribution in [1.82, 2.24) is 24.6 Å². The van der Waals surface area contributed by atoms with Crippen molar-refractivity contribution in [2.24, 2.45) is 0 Å². The van der Waals surface area contributed by atoms with E-state index in [0.717, 1.165) is 44.0 Å². The van der Waals surface area contributed by atoms with E-state index in [1.165, 1.54) is 0 Å². The smallest absolute Gasteiger partial charge is 0.247 e. The fraction of sp³-hybridized carbons (Fsp3) is 0.340. The van der Waals surface area contributed by atoms with Crippen molar-refractivity contribution in [3.63, 3.8) is 0 Å². The number of aromatic nitrogens is 1. The van der Waals surface area contributed by atoms with E-state index in [4.69, 9.17) is 4.42 Å². The van der Waals surface area contributed by atoms with Gasteiger partial charge in [0.15, 0.2) is 5.76 Å². The lowest BCUT2D eigenvalue weighted by Crippen LogP contribution is -2.51. The van der Waals surface area contributed by atoms with E-state index in [9.17, 15) is 19.2 Å². The van der Waals surface area contributed by atoms with E-state index in [0.29, 0.717) is 61.8 Å². The third kappa shape index (κ3) is 10.7. The summed E-state index contributed by atoms with van der Waals surface area (Å²) in [6, 6.07) is 28.6. The maximum absolute atomic E-state index is 13.8. The molecule has 1 aromatic heterocycles. The molecule has 0 saturated carbocycles. The van der Waals surface area contributed by atoms with Gasteiger partial charge in [0, 0.05) is 44.5 Å². The molecule has 14 heteroatoms. The molecule has 4 amide bonds. The van der Waals surface area contributed by atoms with Gasteiger partial charge in [-0.05, 0) is 151 Å². The van der Waals surface area contributed by atoms with Crippen molar-refractivity contribution in [3.8, 4) is 22.8 Å². The number of carbonyl (C=O) groups excluding carboxylic acids is 4. The number of carbonyl (C=O) groups is 4.